The van der Waals surface area contributed by atoms with Gasteiger partial charge in [0.15, 0.2) is 11.6 Å². The Morgan fingerprint density at radius 3 is 2.57 bits per heavy atom. The summed E-state index contributed by atoms with van der Waals surface area (Å²) < 4.78 is 30.8. The summed E-state index contributed by atoms with van der Waals surface area (Å²) >= 11 is 5.43. The van der Waals surface area contributed by atoms with E-state index in [2.05, 4.69) is 4.74 Å². The summed E-state index contributed by atoms with van der Waals surface area (Å²) in [5, 5.41) is 8.36. The molecule has 0 unspecified atom stereocenters. The zero-order chi connectivity index (χ0) is 10.7. The van der Waals surface area contributed by atoms with Crippen LogP contribution < -0.4 is 4.74 Å². The van der Waals surface area contributed by atoms with Gasteiger partial charge in [-0.2, -0.15) is 4.39 Å². The predicted octanol–water partition coefficient (Wildman–Crippen LogP) is 2.16. The maximum absolute atomic E-state index is 13.2. The van der Waals surface area contributed by atoms with Gasteiger partial charge in [-0.05, 0) is 12.5 Å². The van der Waals surface area contributed by atoms with E-state index in [-0.39, 0.29) is 23.8 Å². The lowest BCUT2D eigenvalue weighted by molar-refractivity contribution is 0.294. The molecule has 5 heteroatoms. The number of hydrogen-bond donors (Lipinski definition) is 1. The van der Waals surface area contributed by atoms with Crippen molar-refractivity contribution in [3.05, 3.63) is 28.3 Å². The Morgan fingerprint density at radius 1 is 1.43 bits per heavy atom. The molecule has 2 nitrogen and oxygen atoms in total. The highest BCUT2D eigenvalue weighted by molar-refractivity contribution is 6.30. The Kier molecular flexibility index (Phi) is 3.66. The molecule has 0 aliphatic rings. The second-order valence-electron chi connectivity index (χ2n) is 2.65. The van der Waals surface area contributed by atoms with Crippen LogP contribution in [-0.2, 0) is 6.42 Å². The first-order chi connectivity index (χ1) is 6.61. The topological polar surface area (TPSA) is 29.5 Å². The number of rotatable bonds is 3. The lowest BCUT2D eigenvalue weighted by atomic mass is 10.1. The van der Waals surface area contributed by atoms with Gasteiger partial charge in [0, 0.05) is 12.2 Å². The van der Waals surface area contributed by atoms with Crippen molar-refractivity contribution >= 4 is 11.6 Å². The SMILES string of the molecule is COc1c(CCO)cc(Cl)c(F)c1F. The third-order valence-corrected chi connectivity index (χ3v) is 2.05. The molecule has 0 heterocycles. The van der Waals surface area contributed by atoms with Crippen LogP contribution >= 0.6 is 11.6 Å². The van der Waals surface area contributed by atoms with Gasteiger partial charge < -0.3 is 9.84 Å². The van der Waals surface area contributed by atoms with E-state index in [1.54, 1.807) is 0 Å². The molecule has 1 rings (SSSR count). The number of ether oxygens (including phenoxy) is 1. The molecule has 14 heavy (non-hydrogen) atoms. The molecule has 0 aliphatic carbocycles. The molecule has 0 aliphatic heterocycles. The minimum atomic E-state index is -1.13. The van der Waals surface area contributed by atoms with Gasteiger partial charge in [0.25, 0.3) is 0 Å². The summed E-state index contributed by atoms with van der Waals surface area (Å²) in [4.78, 5) is 0. The van der Waals surface area contributed by atoms with Crippen molar-refractivity contribution in [3.63, 3.8) is 0 Å². The van der Waals surface area contributed by atoms with Gasteiger partial charge in [-0.3, -0.25) is 0 Å². The Balaban J connectivity index is 3.28. The minimum absolute atomic E-state index is 0.167. The van der Waals surface area contributed by atoms with Crippen LogP contribution in [0, 0.1) is 11.6 Å². The van der Waals surface area contributed by atoms with Crippen LogP contribution in [0.2, 0.25) is 5.02 Å². The van der Waals surface area contributed by atoms with Crippen LogP contribution in [0.5, 0.6) is 5.75 Å². The van der Waals surface area contributed by atoms with Crippen LogP contribution in [0.4, 0.5) is 8.78 Å². The fourth-order valence-electron chi connectivity index (χ4n) is 1.15. The minimum Gasteiger partial charge on any atom is -0.493 e. The van der Waals surface area contributed by atoms with E-state index in [9.17, 15) is 8.78 Å². The fourth-order valence-corrected chi connectivity index (χ4v) is 1.37. The Morgan fingerprint density at radius 2 is 2.07 bits per heavy atom. The first-order valence-electron chi connectivity index (χ1n) is 3.93. The molecule has 0 amide bonds. The van der Waals surface area contributed by atoms with E-state index in [0.29, 0.717) is 5.56 Å². The van der Waals surface area contributed by atoms with Crippen molar-refractivity contribution in [3.8, 4) is 5.75 Å². The number of hydrogen-bond acceptors (Lipinski definition) is 2. The van der Waals surface area contributed by atoms with Crippen LogP contribution in [0.3, 0.4) is 0 Å². The molecule has 78 valence electrons. The summed E-state index contributed by atoms with van der Waals surface area (Å²) in [6.45, 7) is -0.183. The van der Waals surface area contributed by atoms with Crippen molar-refractivity contribution in [2.45, 2.75) is 6.42 Å². The number of methoxy groups -OCH3 is 1. The Bertz CT molecular complexity index is 342. The van der Waals surface area contributed by atoms with Gasteiger partial charge in [0.2, 0.25) is 5.82 Å². The highest BCUT2D eigenvalue weighted by Gasteiger charge is 2.17. The second-order valence-corrected chi connectivity index (χ2v) is 3.06. The van der Waals surface area contributed by atoms with Gasteiger partial charge in [-0.15, -0.1) is 0 Å². The zero-order valence-electron chi connectivity index (χ0n) is 7.48. The Hall–Kier alpha value is -0.870. The maximum atomic E-state index is 13.2. The van der Waals surface area contributed by atoms with E-state index in [1.165, 1.54) is 13.2 Å². The zero-order valence-corrected chi connectivity index (χ0v) is 8.24. The molecule has 0 bridgehead atoms. The van der Waals surface area contributed by atoms with Crippen LogP contribution in [0.25, 0.3) is 0 Å². The molecule has 0 spiro atoms. The molecule has 1 aromatic carbocycles. The van der Waals surface area contributed by atoms with Crippen molar-refractivity contribution in [2.75, 3.05) is 13.7 Å². The first kappa shape index (κ1) is 11.2. The molecule has 1 aromatic rings. The van der Waals surface area contributed by atoms with E-state index in [4.69, 9.17) is 16.7 Å². The van der Waals surface area contributed by atoms with Crippen molar-refractivity contribution < 1.29 is 18.6 Å². The van der Waals surface area contributed by atoms with Crippen LogP contribution in [-0.4, -0.2) is 18.8 Å². The molecule has 0 atom stereocenters. The summed E-state index contributed by atoms with van der Waals surface area (Å²) in [5.74, 6) is -2.46. The number of aliphatic hydroxyl groups excluding tert-OH is 1. The predicted molar refractivity (Wildman–Crippen MR) is 48.7 cm³/mol. The van der Waals surface area contributed by atoms with Crippen molar-refractivity contribution in [1.29, 1.82) is 0 Å². The number of aliphatic hydroxyl groups is 1. The lowest BCUT2D eigenvalue weighted by Gasteiger charge is -2.09. The maximum Gasteiger partial charge on any atom is 0.202 e. The van der Waals surface area contributed by atoms with Gasteiger partial charge in [-0.1, -0.05) is 11.6 Å². The van der Waals surface area contributed by atoms with Crippen molar-refractivity contribution in [1.82, 2.24) is 0 Å². The fraction of sp³-hybridized carbons (Fsp3) is 0.333. The normalized spacial score (nSPS) is 10.4. The highest BCUT2D eigenvalue weighted by atomic mass is 35.5. The molecule has 0 radical (unpaired) electrons. The first-order valence-corrected chi connectivity index (χ1v) is 4.30. The third-order valence-electron chi connectivity index (χ3n) is 1.78. The molecule has 0 fully saturated rings. The molecular formula is C9H9ClF2O2. The second kappa shape index (κ2) is 4.57. The van der Waals surface area contributed by atoms with Crippen LogP contribution in [0.15, 0.2) is 6.07 Å². The number of halogens is 3. The summed E-state index contributed by atoms with van der Waals surface area (Å²) in [6.07, 6.45) is 0.167. The van der Waals surface area contributed by atoms with Gasteiger partial charge >= 0.3 is 0 Å². The summed E-state index contributed by atoms with van der Waals surface area (Å²) in [5.41, 5.74) is 0.346. The summed E-state index contributed by atoms with van der Waals surface area (Å²) in [7, 11) is 1.23. The van der Waals surface area contributed by atoms with Gasteiger partial charge in [0.05, 0.1) is 12.1 Å². The monoisotopic (exact) mass is 222 g/mol. The Labute approximate surface area is 85.1 Å². The van der Waals surface area contributed by atoms with Crippen molar-refractivity contribution in [2.24, 2.45) is 0 Å². The molecule has 0 saturated heterocycles. The van der Waals surface area contributed by atoms with E-state index in [0.717, 1.165) is 0 Å². The van der Waals surface area contributed by atoms with Crippen LogP contribution in [0.1, 0.15) is 5.56 Å². The van der Waals surface area contributed by atoms with E-state index >= 15 is 0 Å². The van der Waals surface area contributed by atoms with Gasteiger partial charge in [0.1, 0.15) is 0 Å². The van der Waals surface area contributed by atoms with Gasteiger partial charge in [-0.25, -0.2) is 4.39 Å². The quantitative estimate of drug-likeness (QED) is 0.795. The number of benzene rings is 1. The average Bonchev–Trinajstić information content (AvgIpc) is 2.16. The molecular weight excluding hydrogens is 214 g/mol. The molecule has 0 saturated carbocycles. The standard InChI is InChI=1S/C9H9ClF2O2/c1-14-9-5(2-3-13)4-6(10)7(11)8(9)12/h4,13H,2-3H2,1H3. The molecule has 1 N–H and O–H groups in total. The molecule has 0 aromatic heterocycles. The van der Waals surface area contributed by atoms with E-state index in [1.807, 2.05) is 0 Å². The van der Waals surface area contributed by atoms with E-state index < -0.39 is 11.6 Å². The smallest absolute Gasteiger partial charge is 0.202 e. The third kappa shape index (κ3) is 1.96. The largest absolute Gasteiger partial charge is 0.493 e. The highest BCUT2D eigenvalue weighted by Crippen LogP contribution is 2.30. The average molecular weight is 223 g/mol. The summed E-state index contributed by atoms with van der Waals surface area (Å²) in [6, 6.07) is 1.25. The lowest BCUT2D eigenvalue weighted by Crippen LogP contribution is -2.01.